The molecule has 0 fully saturated rings. The van der Waals surface area contributed by atoms with E-state index in [1.54, 1.807) is 18.2 Å². The maximum atomic E-state index is 12.6. The number of halogens is 1. The van der Waals surface area contributed by atoms with Crippen LogP contribution in [0.15, 0.2) is 23.6 Å². The Bertz CT molecular complexity index is 777. The first kappa shape index (κ1) is 14.3. The summed E-state index contributed by atoms with van der Waals surface area (Å²) in [6.07, 6.45) is 0. The Kier molecular flexibility index (Phi) is 3.19. The molecule has 0 unspecified atom stereocenters. The minimum absolute atomic E-state index is 0.0490. The van der Waals surface area contributed by atoms with Crippen LogP contribution in [0, 0.1) is 6.92 Å². The molecule has 21 heavy (non-hydrogen) atoms. The van der Waals surface area contributed by atoms with Gasteiger partial charge in [0.2, 0.25) is 11.7 Å². The van der Waals surface area contributed by atoms with Crippen molar-refractivity contribution in [3.05, 3.63) is 50.2 Å². The lowest BCUT2D eigenvalue weighted by molar-refractivity contribution is -0.119. The maximum Gasteiger partial charge on any atom is 0.234 e. The number of amides is 1. The predicted molar refractivity (Wildman–Crippen MR) is 85.6 cm³/mol. The number of carbonyl (C=O) groups excluding carboxylic acids is 2. The van der Waals surface area contributed by atoms with Gasteiger partial charge in [0.15, 0.2) is 0 Å². The van der Waals surface area contributed by atoms with E-state index in [4.69, 9.17) is 11.6 Å². The second-order valence-corrected chi connectivity index (χ2v) is 6.99. The van der Waals surface area contributed by atoms with Crippen molar-refractivity contribution in [3.8, 4) is 0 Å². The van der Waals surface area contributed by atoms with Gasteiger partial charge >= 0.3 is 0 Å². The van der Waals surface area contributed by atoms with E-state index in [0.29, 0.717) is 15.5 Å². The van der Waals surface area contributed by atoms with Gasteiger partial charge in [0, 0.05) is 11.3 Å². The highest BCUT2D eigenvalue weighted by Gasteiger charge is 2.38. The van der Waals surface area contributed by atoms with E-state index in [9.17, 15) is 9.59 Å². The summed E-state index contributed by atoms with van der Waals surface area (Å²) >= 11 is 7.52. The summed E-state index contributed by atoms with van der Waals surface area (Å²) in [5.41, 5.74) is 2.46. The molecule has 1 N–H and O–H groups in total. The molecular formula is C16H14ClNO2S. The van der Waals surface area contributed by atoms with Gasteiger partial charge in [-0.2, -0.15) is 0 Å². The Morgan fingerprint density at radius 1 is 1.33 bits per heavy atom. The third-order valence-corrected chi connectivity index (χ3v) is 5.57. The summed E-state index contributed by atoms with van der Waals surface area (Å²) in [5, 5.41) is 5.22. The minimum atomic E-state index is -0.624. The second-order valence-electron chi connectivity index (χ2n) is 5.73. The molecule has 3 nitrogen and oxygen atoms in total. The predicted octanol–water partition coefficient (Wildman–Crippen LogP) is 4.17. The third-order valence-electron chi connectivity index (χ3n) is 3.88. The summed E-state index contributed by atoms with van der Waals surface area (Å²) in [5.74, 6) is -0.150. The summed E-state index contributed by atoms with van der Waals surface area (Å²) < 4.78 is 0. The SMILES string of the molecule is Cc1csc(C(=O)c2ccc3c(c2)C(C)(C)C(=O)N3)c1Cl. The standard InChI is InChI=1S/C16H14ClNO2S/c1-8-7-21-14(12(8)17)13(19)9-4-5-11-10(6-9)16(2,3)15(20)18-11/h4-7H,1-3H3,(H,18,20). The number of ketones is 1. The van der Waals surface area contributed by atoms with Crippen LogP contribution in [0.2, 0.25) is 5.02 Å². The number of carbonyl (C=O) groups is 2. The monoisotopic (exact) mass is 319 g/mol. The van der Waals surface area contributed by atoms with E-state index in [0.717, 1.165) is 16.8 Å². The molecule has 0 spiro atoms. The van der Waals surface area contributed by atoms with Crippen molar-refractivity contribution < 1.29 is 9.59 Å². The Hall–Kier alpha value is -1.65. The second kappa shape index (κ2) is 4.68. The fraction of sp³-hybridized carbons (Fsp3) is 0.250. The van der Waals surface area contributed by atoms with Crippen molar-refractivity contribution in [2.24, 2.45) is 0 Å². The Morgan fingerprint density at radius 3 is 2.67 bits per heavy atom. The van der Waals surface area contributed by atoms with Crippen LogP contribution in [0.3, 0.4) is 0 Å². The minimum Gasteiger partial charge on any atom is -0.325 e. The third kappa shape index (κ3) is 2.10. The van der Waals surface area contributed by atoms with Gasteiger partial charge in [-0.1, -0.05) is 11.6 Å². The Labute approximate surface area is 131 Å². The van der Waals surface area contributed by atoms with E-state index in [1.165, 1.54) is 11.3 Å². The van der Waals surface area contributed by atoms with E-state index in [-0.39, 0.29) is 11.7 Å². The van der Waals surface area contributed by atoms with E-state index < -0.39 is 5.41 Å². The fourth-order valence-electron chi connectivity index (χ4n) is 2.43. The van der Waals surface area contributed by atoms with Crippen LogP contribution in [0.5, 0.6) is 0 Å². The van der Waals surface area contributed by atoms with Crippen molar-refractivity contribution in [1.82, 2.24) is 0 Å². The molecule has 0 aliphatic carbocycles. The summed E-state index contributed by atoms with van der Waals surface area (Å²) in [6.45, 7) is 5.58. The molecule has 3 rings (SSSR count). The van der Waals surface area contributed by atoms with Gasteiger partial charge in [-0.05, 0) is 55.5 Å². The molecule has 1 aromatic heterocycles. The van der Waals surface area contributed by atoms with Gasteiger partial charge in [0.05, 0.1) is 15.3 Å². The van der Waals surface area contributed by atoms with Crippen LogP contribution in [-0.4, -0.2) is 11.7 Å². The van der Waals surface area contributed by atoms with E-state index in [1.807, 2.05) is 26.2 Å². The lowest BCUT2D eigenvalue weighted by atomic mass is 9.85. The van der Waals surface area contributed by atoms with Gasteiger partial charge in [0.1, 0.15) is 0 Å². The number of hydrogen-bond acceptors (Lipinski definition) is 3. The van der Waals surface area contributed by atoms with E-state index in [2.05, 4.69) is 5.32 Å². The molecule has 1 aliphatic rings. The molecule has 0 bridgehead atoms. The van der Waals surface area contributed by atoms with Crippen LogP contribution in [0.25, 0.3) is 0 Å². The zero-order valence-corrected chi connectivity index (χ0v) is 13.5. The Balaban J connectivity index is 2.06. The quantitative estimate of drug-likeness (QED) is 0.844. The zero-order chi connectivity index (χ0) is 15.4. The number of benzene rings is 1. The summed E-state index contributed by atoms with van der Waals surface area (Å²) in [6, 6.07) is 5.30. The lowest BCUT2D eigenvalue weighted by Gasteiger charge is -2.15. The normalized spacial score (nSPS) is 15.7. The van der Waals surface area contributed by atoms with Crippen LogP contribution < -0.4 is 5.32 Å². The van der Waals surface area contributed by atoms with Gasteiger partial charge in [-0.25, -0.2) is 0 Å². The van der Waals surface area contributed by atoms with Crippen molar-refractivity contribution in [1.29, 1.82) is 0 Å². The van der Waals surface area contributed by atoms with Crippen LogP contribution in [-0.2, 0) is 10.2 Å². The first-order valence-corrected chi connectivity index (χ1v) is 7.82. The Morgan fingerprint density at radius 2 is 2.05 bits per heavy atom. The topological polar surface area (TPSA) is 46.2 Å². The number of thiophene rings is 1. The molecule has 2 aromatic rings. The molecule has 0 saturated heterocycles. The van der Waals surface area contributed by atoms with Crippen LogP contribution >= 0.6 is 22.9 Å². The van der Waals surface area contributed by atoms with Gasteiger partial charge < -0.3 is 5.32 Å². The largest absolute Gasteiger partial charge is 0.325 e. The highest BCUT2D eigenvalue weighted by molar-refractivity contribution is 7.13. The number of nitrogens with one attached hydrogen (secondary N) is 1. The first-order chi connectivity index (χ1) is 9.82. The van der Waals surface area contributed by atoms with Crippen molar-refractivity contribution >= 4 is 40.3 Å². The molecule has 2 heterocycles. The molecule has 1 amide bonds. The maximum absolute atomic E-state index is 12.6. The van der Waals surface area contributed by atoms with Crippen molar-refractivity contribution in [2.45, 2.75) is 26.2 Å². The molecular weight excluding hydrogens is 306 g/mol. The van der Waals surface area contributed by atoms with Crippen molar-refractivity contribution in [2.75, 3.05) is 5.32 Å². The smallest absolute Gasteiger partial charge is 0.234 e. The molecule has 1 aromatic carbocycles. The van der Waals surface area contributed by atoms with E-state index >= 15 is 0 Å². The molecule has 1 aliphatic heterocycles. The summed E-state index contributed by atoms with van der Waals surface area (Å²) in [7, 11) is 0. The van der Waals surface area contributed by atoms with Crippen LogP contribution in [0.4, 0.5) is 5.69 Å². The molecule has 108 valence electrons. The highest BCUT2D eigenvalue weighted by atomic mass is 35.5. The van der Waals surface area contributed by atoms with Gasteiger partial charge in [0.25, 0.3) is 0 Å². The molecule has 5 heteroatoms. The lowest BCUT2D eigenvalue weighted by Crippen LogP contribution is -2.27. The first-order valence-electron chi connectivity index (χ1n) is 6.56. The number of hydrogen-bond donors (Lipinski definition) is 1. The number of anilines is 1. The number of rotatable bonds is 2. The fourth-order valence-corrected chi connectivity index (χ4v) is 3.67. The number of aryl methyl sites for hydroxylation is 1. The van der Waals surface area contributed by atoms with Gasteiger partial charge in [-0.15, -0.1) is 11.3 Å². The highest BCUT2D eigenvalue weighted by Crippen LogP contribution is 2.38. The molecule has 0 atom stereocenters. The molecule has 0 radical (unpaired) electrons. The van der Waals surface area contributed by atoms with Gasteiger partial charge in [-0.3, -0.25) is 9.59 Å². The average Bonchev–Trinajstić information content (AvgIpc) is 2.88. The average molecular weight is 320 g/mol. The zero-order valence-electron chi connectivity index (χ0n) is 11.9. The van der Waals surface area contributed by atoms with Crippen LogP contribution in [0.1, 0.15) is 40.2 Å². The summed E-state index contributed by atoms with van der Waals surface area (Å²) in [4.78, 5) is 25.1. The number of fused-ring (bicyclic) bond motifs is 1. The molecule has 0 saturated carbocycles. The van der Waals surface area contributed by atoms with Crippen molar-refractivity contribution in [3.63, 3.8) is 0 Å².